The summed E-state index contributed by atoms with van der Waals surface area (Å²) in [4.78, 5) is 16.4. The number of anilines is 1. The molecular weight excluding hydrogens is 295 g/mol. The van der Waals surface area contributed by atoms with Gasteiger partial charge in [0.25, 0.3) is 5.91 Å². The van der Waals surface area contributed by atoms with Gasteiger partial charge in [-0.25, -0.2) is 9.37 Å². The highest BCUT2D eigenvalue weighted by molar-refractivity contribution is 6.04. The van der Waals surface area contributed by atoms with Gasteiger partial charge in [-0.15, -0.1) is 0 Å². The highest BCUT2D eigenvalue weighted by atomic mass is 19.1. The van der Waals surface area contributed by atoms with E-state index in [-0.39, 0.29) is 5.56 Å². The number of oxazole rings is 1. The molecule has 1 aromatic heterocycles. The van der Waals surface area contributed by atoms with E-state index in [2.05, 4.69) is 10.3 Å². The van der Waals surface area contributed by atoms with Gasteiger partial charge in [-0.2, -0.15) is 0 Å². The summed E-state index contributed by atoms with van der Waals surface area (Å²) in [5, 5.41) is 2.67. The average molecular weight is 310 g/mol. The molecule has 1 amide bonds. The molecule has 0 aliphatic heterocycles. The molecular formula is C18H15FN2O2. The third-order valence-electron chi connectivity index (χ3n) is 3.44. The van der Waals surface area contributed by atoms with Crippen molar-refractivity contribution in [2.75, 3.05) is 5.32 Å². The fraction of sp³-hybridized carbons (Fsp3) is 0.111. The van der Waals surface area contributed by atoms with Crippen molar-refractivity contribution in [1.29, 1.82) is 0 Å². The molecule has 0 fully saturated rings. The van der Waals surface area contributed by atoms with Gasteiger partial charge in [0.1, 0.15) is 17.3 Å². The lowest BCUT2D eigenvalue weighted by molar-refractivity contribution is 0.102. The Morgan fingerprint density at radius 3 is 2.39 bits per heavy atom. The first kappa shape index (κ1) is 15.0. The van der Waals surface area contributed by atoms with Crippen molar-refractivity contribution < 1.29 is 13.6 Å². The van der Waals surface area contributed by atoms with Crippen LogP contribution in [-0.4, -0.2) is 10.9 Å². The number of aromatic nitrogens is 1. The maximum absolute atomic E-state index is 13.6. The Morgan fingerprint density at radius 1 is 1.09 bits per heavy atom. The SMILES string of the molecule is Cc1nc(-c2ccc(NC(=O)c3ccccc3F)cc2)c(C)o1. The molecule has 5 heteroatoms. The van der Waals surface area contributed by atoms with Crippen molar-refractivity contribution in [3.8, 4) is 11.3 Å². The van der Waals surface area contributed by atoms with Crippen LogP contribution in [0.5, 0.6) is 0 Å². The van der Waals surface area contributed by atoms with Gasteiger partial charge in [-0.3, -0.25) is 4.79 Å². The number of carbonyl (C=O) groups excluding carboxylic acids is 1. The van der Waals surface area contributed by atoms with E-state index in [0.29, 0.717) is 11.6 Å². The lowest BCUT2D eigenvalue weighted by Crippen LogP contribution is -2.13. The zero-order valence-electron chi connectivity index (χ0n) is 12.8. The van der Waals surface area contributed by atoms with E-state index in [0.717, 1.165) is 17.0 Å². The van der Waals surface area contributed by atoms with Crippen LogP contribution in [-0.2, 0) is 0 Å². The molecule has 1 N–H and O–H groups in total. The largest absolute Gasteiger partial charge is 0.446 e. The number of rotatable bonds is 3. The van der Waals surface area contributed by atoms with Gasteiger partial charge >= 0.3 is 0 Å². The molecule has 116 valence electrons. The lowest BCUT2D eigenvalue weighted by atomic mass is 10.1. The first-order valence-corrected chi connectivity index (χ1v) is 7.15. The van der Waals surface area contributed by atoms with E-state index in [4.69, 9.17) is 4.42 Å². The van der Waals surface area contributed by atoms with Crippen LogP contribution in [0.2, 0.25) is 0 Å². The van der Waals surface area contributed by atoms with Crippen LogP contribution in [0.4, 0.5) is 10.1 Å². The summed E-state index contributed by atoms with van der Waals surface area (Å²) in [6.07, 6.45) is 0. The van der Waals surface area contributed by atoms with E-state index in [9.17, 15) is 9.18 Å². The standard InChI is InChI=1S/C18H15FN2O2/c1-11-17(20-12(2)23-11)13-7-9-14(10-8-13)21-18(22)15-5-3-4-6-16(15)19/h3-10H,1-2H3,(H,21,22). The van der Waals surface area contributed by atoms with Crippen molar-refractivity contribution in [3.63, 3.8) is 0 Å². The second-order valence-corrected chi connectivity index (χ2v) is 5.15. The summed E-state index contributed by atoms with van der Waals surface area (Å²) >= 11 is 0. The van der Waals surface area contributed by atoms with Crippen molar-refractivity contribution >= 4 is 11.6 Å². The fourth-order valence-corrected chi connectivity index (χ4v) is 2.35. The topological polar surface area (TPSA) is 55.1 Å². The molecule has 0 atom stereocenters. The molecule has 0 spiro atoms. The molecule has 23 heavy (non-hydrogen) atoms. The number of carbonyl (C=O) groups is 1. The molecule has 1 heterocycles. The third-order valence-corrected chi connectivity index (χ3v) is 3.44. The van der Waals surface area contributed by atoms with Crippen molar-refractivity contribution in [3.05, 3.63) is 71.6 Å². The zero-order valence-corrected chi connectivity index (χ0v) is 12.8. The summed E-state index contributed by atoms with van der Waals surface area (Å²) in [6.45, 7) is 3.64. The highest BCUT2D eigenvalue weighted by Crippen LogP contribution is 2.24. The van der Waals surface area contributed by atoms with E-state index in [1.165, 1.54) is 12.1 Å². The van der Waals surface area contributed by atoms with Crippen LogP contribution in [0.1, 0.15) is 22.0 Å². The number of nitrogens with zero attached hydrogens (tertiary/aromatic N) is 1. The molecule has 0 saturated carbocycles. The Kier molecular flexibility index (Phi) is 3.93. The number of hydrogen-bond acceptors (Lipinski definition) is 3. The quantitative estimate of drug-likeness (QED) is 0.782. The lowest BCUT2D eigenvalue weighted by Gasteiger charge is -2.07. The molecule has 3 rings (SSSR count). The minimum atomic E-state index is -0.546. The Morgan fingerprint density at radius 2 is 1.78 bits per heavy atom. The number of benzene rings is 2. The summed E-state index contributed by atoms with van der Waals surface area (Å²) < 4.78 is 19.0. The number of nitrogens with one attached hydrogen (secondary N) is 1. The maximum atomic E-state index is 13.6. The second kappa shape index (κ2) is 6.04. The minimum Gasteiger partial charge on any atom is -0.446 e. The molecule has 0 unspecified atom stereocenters. The third kappa shape index (κ3) is 3.13. The fourth-order valence-electron chi connectivity index (χ4n) is 2.35. The highest BCUT2D eigenvalue weighted by Gasteiger charge is 2.12. The number of amides is 1. The predicted octanol–water partition coefficient (Wildman–Crippen LogP) is 4.35. The van der Waals surface area contributed by atoms with Gasteiger partial charge in [0.2, 0.25) is 0 Å². The second-order valence-electron chi connectivity index (χ2n) is 5.15. The van der Waals surface area contributed by atoms with E-state index in [1.54, 1.807) is 31.2 Å². The number of aryl methyl sites for hydroxylation is 2. The van der Waals surface area contributed by atoms with E-state index in [1.807, 2.05) is 19.1 Å². The summed E-state index contributed by atoms with van der Waals surface area (Å²) in [6, 6.07) is 13.0. The van der Waals surface area contributed by atoms with Gasteiger partial charge in [0, 0.05) is 18.2 Å². The van der Waals surface area contributed by atoms with Crippen LogP contribution in [0, 0.1) is 19.7 Å². The van der Waals surface area contributed by atoms with Crippen molar-refractivity contribution in [2.45, 2.75) is 13.8 Å². The maximum Gasteiger partial charge on any atom is 0.258 e. The predicted molar refractivity (Wildman–Crippen MR) is 85.8 cm³/mol. The van der Waals surface area contributed by atoms with Gasteiger partial charge in [-0.1, -0.05) is 24.3 Å². The van der Waals surface area contributed by atoms with Gasteiger partial charge in [0.05, 0.1) is 5.56 Å². The summed E-state index contributed by atoms with van der Waals surface area (Å²) in [7, 11) is 0. The number of halogens is 1. The summed E-state index contributed by atoms with van der Waals surface area (Å²) in [5.74, 6) is 0.319. The first-order chi connectivity index (χ1) is 11.0. The Hall–Kier alpha value is -2.95. The van der Waals surface area contributed by atoms with E-state index < -0.39 is 11.7 Å². The molecule has 4 nitrogen and oxygen atoms in total. The number of hydrogen-bond donors (Lipinski definition) is 1. The minimum absolute atomic E-state index is 0.0135. The molecule has 0 aliphatic carbocycles. The van der Waals surface area contributed by atoms with Gasteiger partial charge < -0.3 is 9.73 Å². The molecule has 0 aliphatic rings. The first-order valence-electron chi connectivity index (χ1n) is 7.15. The van der Waals surface area contributed by atoms with Crippen LogP contribution < -0.4 is 5.32 Å². The Labute approximate surface area is 133 Å². The average Bonchev–Trinajstić information content (AvgIpc) is 2.87. The van der Waals surface area contributed by atoms with Crippen LogP contribution in [0.25, 0.3) is 11.3 Å². The molecule has 0 radical (unpaired) electrons. The smallest absolute Gasteiger partial charge is 0.258 e. The normalized spacial score (nSPS) is 10.6. The van der Waals surface area contributed by atoms with Crippen LogP contribution in [0.3, 0.4) is 0 Å². The molecule has 2 aromatic carbocycles. The molecule has 0 bridgehead atoms. The Balaban J connectivity index is 1.79. The molecule has 0 saturated heterocycles. The van der Waals surface area contributed by atoms with Crippen LogP contribution >= 0.6 is 0 Å². The van der Waals surface area contributed by atoms with Crippen molar-refractivity contribution in [1.82, 2.24) is 4.98 Å². The Bertz CT molecular complexity index is 854. The summed E-state index contributed by atoms with van der Waals surface area (Å²) in [5.41, 5.74) is 2.26. The van der Waals surface area contributed by atoms with Crippen molar-refractivity contribution in [2.24, 2.45) is 0 Å². The van der Waals surface area contributed by atoms with Gasteiger partial charge in [0.15, 0.2) is 5.89 Å². The van der Waals surface area contributed by atoms with Crippen LogP contribution in [0.15, 0.2) is 52.9 Å². The molecule has 3 aromatic rings. The monoisotopic (exact) mass is 310 g/mol. The van der Waals surface area contributed by atoms with E-state index >= 15 is 0 Å². The van der Waals surface area contributed by atoms with Gasteiger partial charge in [-0.05, 0) is 31.2 Å². The zero-order chi connectivity index (χ0) is 16.4.